The first-order valence-electron chi connectivity index (χ1n) is 7.76. The van der Waals surface area contributed by atoms with E-state index < -0.39 is 5.97 Å². The molecule has 1 aliphatic heterocycles. The van der Waals surface area contributed by atoms with Crippen LogP contribution in [0, 0.1) is 0 Å². The van der Waals surface area contributed by atoms with E-state index in [0.29, 0.717) is 31.6 Å². The van der Waals surface area contributed by atoms with Gasteiger partial charge < -0.3 is 4.74 Å². The number of carbonyl (C=O) groups is 3. The maximum absolute atomic E-state index is 12.6. The Morgan fingerprint density at radius 3 is 2.44 bits per heavy atom. The molecule has 1 fully saturated rings. The molecule has 0 radical (unpaired) electrons. The van der Waals surface area contributed by atoms with Gasteiger partial charge in [0, 0.05) is 0 Å². The van der Waals surface area contributed by atoms with Crippen LogP contribution >= 0.6 is 35.0 Å². The molecule has 0 N–H and O–H groups in total. The van der Waals surface area contributed by atoms with Gasteiger partial charge in [0.25, 0.3) is 11.1 Å². The number of amides is 2. The van der Waals surface area contributed by atoms with E-state index in [1.807, 2.05) is 0 Å². The molecule has 1 saturated heterocycles. The smallest absolute Gasteiger partial charge is 0.337 e. The van der Waals surface area contributed by atoms with Crippen LogP contribution < -0.4 is 0 Å². The largest absolute Gasteiger partial charge is 0.465 e. The second-order valence-corrected chi connectivity index (χ2v) is 7.44. The number of methoxy groups -OCH3 is 1. The molecule has 2 aromatic carbocycles. The number of benzene rings is 2. The number of hydrogen-bond donors (Lipinski definition) is 0. The Hall–Kier alpha value is -2.28. The SMILES string of the molecule is COC(=O)c1ccc(/C=C2\SC(=O)N(Cc3ccc(Cl)c(Cl)c3)C2=O)cc1. The zero-order chi connectivity index (χ0) is 19.6. The van der Waals surface area contributed by atoms with Gasteiger partial charge in [-0.3, -0.25) is 14.5 Å². The molecule has 138 valence electrons. The fourth-order valence-electron chi connectivity index (χ4n) is 2.44. The number of rotatable bonds is 4. The number of imide groups is 1. The summed E-state index contributed by atoms with van der Waals surface area (Å²) in [6.45, 7) is 0.111. The Labute approximate surface area is 169 Å². The van der Waals surface area contributed by atoms with Crippen LogP contribution in [0.3, 0.4) is 0 Å². The van der Waals surface area contributed by atoms with E-state index in [-0.39, 0.29) is 17.7 Å². The van der Waals surface area contributed by atoms with Crippen LogP contribution in [0.15, 0.2) is 47.4 Å². The second kappa shape index (κ2) is 8.17. The zero-order valence-corrected chi connectivity index (χ0v) is 16.4. The summed E-state index contributed by atoms with van der Waals surface area (Å²) in [5.74, 6) is -0.823. The Morgan fingerprint density at radius 2 is 1.81 bits per heavy atom. The van der Waals surface area contributed by atoms with E-state index in [0.717, 1.165) is 16.7 Å². The summed E-state index contributed by atoms with van der Waals surface area (Å²) < 4.78 is 4.65. The lowest BCUT2D eigenvalue weighted by molar-refractivity contribution is -0.123. The maximum Gasteiger partial charge on any atom is 0.337 e. The van der Waals surface area contributed by atoms with E-state index in [1.54, 1.807) is 48.5 Å². The van der Waals surface area contributed by atoms with Crippen LogP contribution in [0.5, 0.6) is 0 Å². The van der Waals surface area contributed by atoms with E-state index in [9.17, 15) is 14.4 Å². The summed E-state index contributed by atoms with van der Waals surface area (Å²) in [5.41, 5.74) is 1.81. The van der Waals surface area contributed by atoms with Crippen molar-refractivity contribution in [3.63, 3.8) is 0 Å². The summed E-state index contributed by atoms with van der Waals surface area (Å²) in [7, 11) is 1.31. The molecular formula is C19H13Cl2NO4S. The highest BCUT2D eigenvalue weighted by Gasteiger charge is 2.35. The van der Waals surface area contributed by atoms with E-state index >= 15 is 0 Å². The standard InChI is InChI=1S/C19H13Cl2NO4S/c1-26-18(24)13-5-2-11(3-6-13)9-16-17(23)22(19(25)27-16)10-12-4-7-14(20)15(21)8-12/h2-9H,10H2,1H3/b16-9-. The van der Waals surface area contributed by atoms with Crippen molar-refractivity contribution >= 4 is 58.2 Å². The van der Waals surface area contributed by atoms with Gasteiger partial charge >= 0.3 is 5.97 Å². The fraction of sp³-hybridized carbons (Fsp3) is 0.105. The van der Waals surface area contributed by atoms with Crippen LogP contribution in [0.1, 0.15) is 21.5 Å². The van der Waals surface area contributed by atoms with Crippen LogP contribution in [0.4, 0.5) is 4.79 Å². The van der Waals surface area contributed by atoms with Crippen molar-refractivity contribution in [1.29, 1.82) is 0 Å². The van der Waals surface area contributed by atoms with Crippen molar-refractivity contribution in [3.8, 4) is 0 Å². The first-order chi connectivity index (χ1) is 12.9. The molecule has 2 amide bonds. The number of nitrogens with zero attached hydrogens (tertiary/aromatic N) is 1. The van der Waals surface area contributed by atoms with Gasteiger partial charge in [0.05, 0.1) is 34.2 Å². The van der Waals surface area contributed by atoms with Crippen molar-refractivity contribution in [1.82, 2.24) is 4.90 Å². The van der Waals surface area contributed by atoms with E-state index in [2.05, 4.69) is 4.74 Å². The van der Waals surface area contributed by atoms with Gasteiger partial charge in [-0.25, -0.2) is 4.79 Å². The Morgan fingerprint density at radius 1 is 1.11 bits per heavy atom. The lowest BCUT2D eigenvalue weighted by atomic mass is 10.1. The lowest BCUT2D eigenvalue weighted by Crippen LogP contribution is -2.27. The summed E-state index contributed by atoms with van der Waals surface area (Å²) in [4.78, 5) is 37.7. The van der Waals surface area contributed by atoms with Gasteiger partial charge in [-0.15, -0.1) is 0 Å². The highest BCUT2D eigenvalue weighted by atomic mass is 35.5. The average Bonchev–Trinajstić information content (AvgIpc) is 2.92. The van der Waals surface area contributed by atoms with Crippen molar-refractivity contribution in [2.75, 3.05) is 7.11 Å². The molecule has 0 spiro atoms. The monoisotopic (exact) mass is 421 g/mol. The van der Waals surface area contributed by atoms with Gasteiger partial charge in [0.2, 0.25) is 0 Å². The van der Waals surface area contributed by atoms with Crippen LogP contribution in [-0.4, -0.2) is 29.1 Å². The lowest BCUT2D eigenvalue weighted by Gasteiger charge is -2.12. The first kappa shape index (κ1) is 19.5. The van der Waals surface area contributed by atoms with Gasteiger partial charge in [-0.1, -0.05) is 41.4 Å². The summed E-state index contributed by atoms with van der Waals surface area (Å²) >= 11 is 12.7. The Kier molecular flexibility index (Phi) is 5.89. The summed E-state index contributed by atoms with van der Waals surface area (Å²) in [6.07, 6.45) is 1.61. The number of ether oxygens (including phenoxy) is 1. The molecule has 0 aliphatic carbocycles. The molecule has 27 heavy (non-hydrogen) atoms. The minimum atomic E-state index is -0.441. The first-order valence-corrected chi connectivity index (χ1v) is 9.34. The minimum Gasteiger partial charge on any atom is -0.465 e. The number of hydrogen-bond acceptors (Lipinski definition) is 5. The normalized spacial score (nSPS) is 15.5. The molecule has 0 unspecified atom stereocenters. The van der Waals surface area contributed by atoms with Gasteiger partial charge in [-0.2, -0.15) is 0 Å². The van der Waals surface area contributed by atoms with Crippen molar-refractivity contribution in [2.45, 2.75) is 6.54 Å². The number of thioether (sulfide) groups is 1. The third-order valence-corrected chi connectivity index (χ3v) is 5.47. The highest BCUT2D eigenvalue weighted by molar-refractivity contribution is 8.18. The van der Waals surface area contributed by atoms with Crippen LogP contribution in [0.25, 0.3) is 6.08 Å². The van der Waals surface area contributed by atoms with Crippen LogP contribution in [0.2, 0.25) is 10.0 Å². The van der Waals surface area contributed by atoms with Crippen molar-refractivity contribution in [3.05, 3.63) is 74.1 Å². The topological polar surface area (TPSA) is 63.7 Å². The molecule has 1 aliphatic rings. The molecule has 0 atom stereocenters. The second-order valence-electron chi connectivity index (χ2n) is 5.63. The van der Waals surface area contributed by atoms with E-state index in [1.165, 1.54) is 7.11 Å². The molecule has 1 heterocycles. The predicted molar refractivity (Wildman–Crippen MR) is 106 cm³/mol. The molecule has 5 nitrogen and oxygen atoms in total. The third kappa shape index (κ3) is 4.35. The van der Waals surface area contributed by atoms with Crippen molar-refractivity contribution < 1.29 is 19.1 Å². The number of carbonyl (C=O) groups excluding carboxylic acids is 3. The van der Waals surface area contributed by atoms with Crippen LogP contribution in [-0.2, 0) is 16.1 Å². The molecule has 3 rings (SSSR count). The molecular weight excluding hydrogens is 409 g/mol. The average molecular weight is 422 g/mol. The maximum atomic E-state index is 12.6. The fourth-order valence-corrected chi connectivity index (χ4v) is 3.60. The number of esters is 1. The van der Waals surface area contributed by atoms with Gasteiger partial charge in [-0.05, 0) is 53.2 Å². The predicted octanol–water partition coefficient (Wildman–Crippen LogP) is 5.02. The molecule has 0 saturated carbocycles. The minimum absolute atomic E-state index is 0.111. The molecule has 0 bridgehead atoms. The highest BCUT2D eigenvalue weighted by Crippen LogP contribution is 2.34. The Balaban J connectivity index is 1.77. The Bertz CT molecular complexity index is 957. The van der Waals surface area contributed by atoms with E-state index in [4.69, 9.17) is 23.2 Å². The summed E-state index contributed by atoms with van der Waals surface area (Å²) in [6, 6.07) is 11.5. The summed E-state index contributed by atoms with van der Waals surface area (Å²) in [5, 5.41) is 0.413. The zero-order valence-electron chi connectivity index (χ0n) is 14.1. The quantitative estimate of drug-likeness (QED) is 0.512. The van der Waals surface area contributed by atoms with Gasteiger partial charge in [0.15, 0.2) is 0 Å². The molecule has 2 aromatic rings. The molecule has 8 heteroatoms. The van der Waals surface area contributed by atoms with Crippen molar-refractivity contribution in [2.24, 2.45) is 0 Å². The molecule has 0 aromatic heterocycles. The van der Waals surface area contributed by atoms with Gasteiger partial charge in [0.1, 0.15) is 0 Å². The third-order valence-electron chi connectivity index (χ3n) is 3.83. The number of halogens is 2.